The van der Waals surface area contributed by atoms with Crippen LogP contribution in [0.1, 0.15) is 44.9 Å². The summed E-state index contributed by atoms with van der Waals surface area (Å²) < 4.78 is 4.95. The standard InChI is InChI=1S/C15H18ClN5O2/c1-10(2)23-15(22)20-21(11-6-4-3-5-7-11)14-12(16)9-18-13(8-17)19-14/h9,11H,1,3-7H2,2H3,(H,20,22). The van der Waals surface area contributed by atoms with Crippen molar-refractivity contribution in [2.24, 2.45) is 0 Å². The van der Waals surface area contributed by atoms with Crippen LogP contribution in [0.4, 0.5) is 10.6 Å². The Morgan fingerprint density at radius 3 is 2.83 bits per heavy atom. The molecule has 0 bridgehead atoms. The van der Waals surface area contributed by atoms with E-state index in [-0.39, 0.29) is 22.6 Å². The van der Waals surface area contributed by atoms with Crippen LogP contribution in [0.2, 0.25) is 5.02 Å². The molecule has 23 heavy (non-hydrogen) atoms. The van der Waals surface area contributed by atoms with E-state index in [9.17, 15) is 4.79 Å². The zero-order chi connectivity index (χ0) is 16.8. The lowest BCUT2D eigenvalue weighted by Crippen LogP contribution is -2.50. The number of hydrazine groups is 1. The van der Waals surface area contributed by atoms with Crippen LogP contribution in [0.5, 0.6) is 0 Å². The molecule has 1 amide bonds. The van der Waals surface area contributed by atoms with Gasteiger partial charge < -0.3 is 4.74 Å². The lowest BCUT2D eigenvalue weighted by atomic mass is 9.95. The van der Waals surface area contributed by atoms with Gasteiger partial charge in [-0.1, -0.05) is 37.4 Å². The molecule has 0 aromatic carbocycles. The number of amides is 1. The van der Waals surface area contributed by atoms with Crippen LogP contribution >= 0.6 is 11.6 Å². The lowest BCUT2D eigenvalue weighted by molar-refractivity contribution is 0.172. The maximum atomic E-state index is 12.0. The predicted molar refractivity (Wildman–Crippen MR) is 85.5 cm³/mol. The highest BCUT2D eigenvalue weighted by molar-refractivity contribution is 6.32. The maximum absolute atomic E-state index is 12.0. The summed E-state index contributed by atoms with van der Waals surface area (Å²) in [6.07, 6.45) is 5.70. The Labute approximate surface area is 139 Å². The quantitative estimate of drug-likeness (QED) is 0.670. The molecule has 0 atom stereocenters. The second-order valence-corrected chi connectivity index (χ2v) is 5.75. The number of hydrogen-bond acceptors (Lipinski definition) is 6. The first-order chi connectivity index (χ1) is 11.0. The number of nitrogens with zero attached hydrogens (tertiary/aromatic N) is 4. The Morgan fingerprint density at radius 2 is 2.22 bits per heavy atom. The number of hydrogen-bond donors (Lipinski definition) is 1. The Balaban J connectivity index is 2.30. The fraction of sp³-hybridized carbons (Fsp3) is 0.467. The minimum absolute atomic E-state index is 0.0136. The van der Waals surface area contributed by atoms with Crippen LogP contribution < -0.4 is 10.4 Å². The van der Waals surface area contributed by atoms with Crippen molar-refractivity contribution in [3.63, 3.8) is 0 Å². The zero-order valence-electron chi connectivity index (χ0n) is 12.9. The number of halogens is 1. The highest BCUT2D eigenvalue weighted by atomic mass is 35.5. The van der Waals surface area contributed by atoms with E-state index in [1.54, 1.807) is 11.9 Å². The van der Waals surface area contributed by atoms with Crippen LogP contribution in [0.15, 0.2) is 18.5 Å². The van der Waals surface area contributed by atoms with Crippen molar-refractivity contribution in [2.75, 3.05) is 5.01 Å². The van der Waals surface area contributed by atoms with Gasteiger partial charge in [0.05, 0.1) is 18.0 Å². The van der Waals surface area contributed by atoms with Gasteiger partial charge in [-0.05, 0) is 19.8 Å². The third-order valence-corrected chi connectivity index (χ3v) is 3.74. The summed E-state index contributed by atoms with van der Waals surface area (Å²) in [4.78, 5) is 19.9. The number of carbonyl (C=O) groups excluding carboxylic acids is 1. The van der Waals surface area contributed by atoms with Gasteiger partial charge in [-0.15, -0.1) is 0 Å². The van der Waals surface area contributed by atoms with Gasteiger partial charge >= 0.3 is 6.09 Å². The van der Waals surface area contributed by atoms with E-state index in [2.05, 4.69) is 22.0 Å². The minimum Gasteiger partial charge on any atom is -0.415 e. The summed E-state index contributed by atoms with van der Waals surface area (Å²) in [5, 5.41) is 10.8. The molecule has 1 N–H and O–H groups in total. The normalized spacial score (nSPS) is 14.7. The van der Waals surface area contributed by atoms with E-state index in [0.29, 0.717) is 5.82 Å². The molecule has 1 aliphatic carbocycles. The van der Waals surface area contributed by atoms with Crippen molar-refractivity contribution in [1.29, 1.82) is 5.26 Å². The monoisotopic (exact) mass is 335 g/mol. The molecule has 0 radical (unpaired) electrons. The topological polar surface area (TPSA) is 91.1 Å². The predicted octanol–water partition coefficient (Wildman–Crippen LogP) is 3.32. The van der Waals surface area contributed by atoms with Gasteiger partial charge in [0, 0.05) is 0 Å². The third-order valence-electron chi connectivity index (χ3n) is 3.47. The number of aromatic nitrogens is 2. The first kappa shape index (κ1) is 17.0. The van der Waals surface area contributed by atoms with Gasteiger partial charge in [-0.25, -0.2) is 15.2 Å². The van der Waals surface area contributed by atoms with E-state index in [4.69, 9.17) is 21.6 Å². The molecule has 8 heteroatoms. The SMILES string of the molecule is C=C(C)OC(=O)NN(c1nc(C#N)ncc1Cl)C1CCCCC1. The van der Waals surface area contributed by atoms with Gasteiger partial charge in [0.2, 0.25) is 5.82 Å². The van der Waals surface area contributed by atoms with Crippen molar-refractivity contribution in [3.05, 3.63) is 29.4 Å². The van der Waals surface area contributed by atoms with E-state index >= 15 is 0 Å². The van der Waals surface area contributed by atoms with Gasteiger partial charge in [0.25, 0.3) is 0 Å². The number of nitriles is 1. The molecule has 0 unspecified atom stereocenters. The smallest absolute Gasteiger partial charge is 0.415 e. The van der Waals surface area contributed by atoms with Gasteiger partial charge in [0.1, 0.15) is 11.1 Å². The summed E-state index contributed by atoms with van der Waals surface area (Å²) in [5.41, 5.74) is 2.65. The molecular formula is C15H18ClN5O2. The molecule has 0 aliphatic heterocycles. The van der Waals surface area contributed by atoms with Crippen LogP contribution in [0, 0.1) is 11.3 Å². The molecule has 0 saturated heterocycles. The molecule has 122 valence electrons. The van der Waals surface area contributed by atoms with Crippen molar-refractivity contribution in [1.82, 2.24) is 15.4 Å². The molecule has 1 heterocycles. The van der Waals surface area contributed by atoms with Crippen molar-refractivity contribution >= 4 is 23.5 Å². The van der Waals surface area contributed by atoms with E-state index in [1.165, 1.54) is 6.20 Å². The molecule has 1 fully saturated rings. The third kappa shape index (κ3) is 4.57. The highest BCUT2D eigenvalue weighted by Gasteiger charge is 2.27. The molecule has 2 rings (SSSR count). The van der Waals surface area contributed by atoms with E-state index in [0.717, 1.165) is 32.1 Å². The number of ether oxygens (including phenoxy) is 1. The van der Waals surface area contributed by atoms with E-state index in [1.807, 2.05) is 6.07 Å². The first-order valence-electron chi connectivity index (χ1n) is 7.37. The van der Waals surface area contributed by atoms with Crippen LogP contribution in [0.3, 0.4) is 0 Å². The summed E-state index contributed by atoms with van der Waals surface area (Å²) in [6, 6.07) is 1.90. The van der Waals surface area contributed by atoms with Crippen molar-refractivity contribution < 1.29 is 9.53 Å². The average molecular weight is 336 g/mol. The number of carbonyl (C=O) groups is 1. The minimum atomic E-state index is -0.670. The molecule has 0 spiro atoms. The Hall–Kier alpha value is -2.33. The Kier molecular flexibility index (Phi) is 5.77. The maximum Gasteiger partial charge on any atom is 0.431 e. The molecule has 7 nitrogen and oxygen atoms in total. The summed E-state index contributed by atoms with van der Waals surface area (Å²) >= 11 is 6.17. The van der Waals surface area contributed by atoms with E-state index < -0.39 is 6.09 Å². The molecular weight excluding hydrogens is 318 g/mol. The largest absolute Gasteiger partial charge is 0.431 e. The number of allylic oxidation sites excluding steroid dienone is 1. The number of nitrogens with one attached hydrogen (secondary N) is 1. The second-order valence-electron chi connectivity index (χ2n) is 5.34. The Morgan fingerprint density at radius 1 is 1.52 bits per heavy atom. The first-order valence-corrected chi connectivity index (χ1v) is 7.75. The van der Waals surface area contributed by atoms with Gasteiger partial charge in [-0.3, -0.25) is 5.01 Å². The highest BCUT2D eigenvalue weighted by Crippen LogP contribution is 2.29. The Bertz CT molecular complexity index is 637. The van der Waals surface area contributed by atoms with Gasteiger partial charge in [0.15, 0.2) is 5.82 Å². The van der Waals surface area contributed by atoms with Gasteiger partial charge in [-0.2, -0.15) is 10.2 Å². The summed E-state index contributed by atoms with van der Waals surface area (Å²) in [6.45, 7) is 5.12. The fourth-order valence-electron chi connectivity index (χ4n) is 2.52. The average Bonchev–Trinajstić information content (AvgIpc) is 2.53. The zero-order valence-corrected chi connectivity index (χ0v) is 13.6. The van der Waals surface area contributed by atoms with Crippen LogP contribution in [0.25, 0.3) is 0 Å². The molecule has 1 aromatic rings. The number of anilines is 1. The van der Waals surface area contributed by atoms with Crippen LogP contribution in [-0.2, 0) is 4.74 Å². The summed E-state index contributed by atoms with van der Waals surface area (Å²) in [7, 11) is 0. The number of rotatable bonds is 4. The fourth-order valence-corrected chi connectivity index (χ4v) is 2.70. The van der Waals surface area contributed by atoms with Crippen molar-refractivity contribution in [2.45, 2.75) is 45.1 Å². The molecule has 1 aromatic heterocycles. The van der Waals surface area contributed by atoms with Crippen molar-refractivity contribution in [3.8, 4) is 6.07 Å². The lowest BCUT2D eigenvalue weighted by Gasteiger charge is -2.34. The second kappa shape index (κ2) is 7.79. The summed E-state index contributed by atoms with van der Waals surface area (Å²) in [5.74, 6) is 0.557. The molecule has 1 saturated carbocycles. The molecule has 1 aliphatic rings. The van der Waals surface area contributed by atoms with Crippen LogP contribution in [-0.4, -0.2) is 22.1 Å².